The molecule has 0 unspecified atom stereocenters. The first-order chi connectivity index (χ1) is 9.77. The lowest BCUT2D eigenvalue weighted by molar-refractivity contribution is -0.139. The number of aryl methyl sites for hydroxylation is 1. The third-order valence-corrected chi connectivity index (χ3v) is 3.76. The van der Waals surface area contributed by atoms with Gasteiger partial charge >= 0.3 is 6.18 Å². The van der Waals surface area contributed by atoms with Crippen LogP contribution in [0.4, 0.5) is 13.2 Å². The Kier molecular flexibility index (Phi) is 4.48. The molecule has 2 aromatic rings. The normalized spacial score (nSPS) is 11.4. The highest BCUT2D eigenvalue weighted by Crippen LogP contribution is 2.37. The van der Waals surface area contributed by atoms with Gasteiger partial charge in [-0.3, -0.25) is 0 Å². The van der Waals surface area contributed by atoms with Gasteiger partial charge < -0.3 is 10.5 Å². The molecule has 0 saturated carbocycles. The van der Waals surface area contributed by atoms with Gasteiger partial charge in [-0.2, -0.15) is 13.2 Å². The van der Waals surface area contributed by atoms with Gasteiger partial charge in [-0.25, -0.2) is 4.98 Å². The van der Waals surface area contributed by atoms with Crippen LogP contribution in [0.1, 0.15) is 21.8 Å². The van der Waals surface area contributed by atoms with Crippen LogP contribution in [-0.4, -0.2) is 9.97 Å². The molecule has 0 fully saturated rings. The van der Waals surface area contributed by atoms with Crippen molar-refractivity contribution >= 4 is 28.5 Å². The molecule has 1 aromatic carbocycles. The monoisotopic (exact) mass is 332 g/mol. The number of hydrogen-bond acceptors (Lipinski definition) is 4. The van der Waals surface area contributed by atoms with Crippen LogP contribution in [0.3, 0.4) is 0 Å². The van der Waals surface area contributed by atoms with E-state index in [1.54, 1.807) is 12.3 Å². The second kappa shape index (κ2) is 5.98. The zero-order valence-corrected chi connectivity index (χ0v) is 12.5. The summed E-state index contributed by atoms with van der Waals surface area (Å²) in [5, 5.41) is 2.42. The number of thiazole rings is 1. The molecule has 0 radical (unpaired) electrons. The van der Waals surface area contributed by atoms with Crippen LogP contribution in [-0.2, 0) is 12.8 Å². The molecular weight excluding hydrogens is 321 g/mol. The summed E-state index contributed by atoms with van der Waals surface area (Å²) in [6.45, 7) is 1.78. The highest BCUT2D eigenvalue weighted by atomic mass is 32.1. The average Bonchev–Trinajstić information content (AvgIpc) is 2.81. The minimum atomic E-state index is -4.55. The van der Waals surface area contributed by atoms with Crippen LogP contribution in [0.5, 0.6) is 5.75 Å². The van der Waals surface area contributed by atoms with E-state index in [-0.39, 0.29) is 22.9 Å². The molecule has 0 aliphatic heterocycles. The second-order valence-electron chi connectivity index (χ2n) is 4.24. The molecule has 2 N–H and O–H groups in total. The van der Waals surface area contributed by atoms with E-state index < -0.39 is 11.7 Å². The predicted molar refractivity (Wildman–Crippen MR) is 78.5 cm³/mol. The minimum Gasteiger partial charge on any atom is -0.486 e. The van der Waals surface area contributed by atoms with E-state index >= 15 is 0 Å². The summed E-state index contributed by atoms with van der Waals surface area (Å²) in [6.07, 6.45) is -4.55. The molecule has 8 heteroatoms. The number of alkyl halides is 3. The van der Waals surface area contributed by atoms with Gasteiger partial charge in [-0.1, -0.05) is 12.2 Å². The van der Waals surface area contributed by atoms with Gasteiger partial charge in [0.2, 0.25) is 0 Å². The lowest BCUT2D eigenvalue weighted by Gasteiger charge is -2.14. The van der Waals surface area contributed by atoms with Crippen LogP contribution in [0.15, 0.2) is 23.6 Å². The van der Waals surface area contributed by atoms with Crippen molar-refractivity contribution < 1.29 is 17.9 Å². The van der Waals surface area contributed by atoms with Gasteiger partial charge in [-0.15, -0.1) is 11.3 Å². The van der Waals surface area contributed by atoms with Crippen molar-refractivity contribution in [3.63, 3.8) is 0 Å². The number of aromatic nitrogens is 1. The molecule has 1 heterocycles. The molecule has 21 heavy (non-hydrogen) atoms. The zero-order chi connectivity index (χ0) is 15.6. The van der Waals surface area contributed by atoms with E-state index in [0.29, 0.717) is 5.01 Å². The maximum atomic E-state index is 13.0. The number of nitrogens with zero attached hydrogens (tertiary/aromatic N) is 1. The van der Waals surface area contributed by atoms with Gasteiger partial charge in [0.15, 0.2) is 0 Å². The first-order valence-electron chi connectivity index (χ1n) is 5.82. The zero-order valence-electron chi connectivity index (χ0n) is 10.9. The number of halogens is 3. The lowest BCUT2D eigenvalue weighted by atomic mass is 10.1. The van der Waals surface area contributed by atoms with Gasteiger partial charge in [0.1, 0.15) is 22.4 Å². The molecule has 0 bridgehead atoms. The number of benzene rings is 1. The number of rotatable bonds is 4. The lowest BCUT2D eigenvalue weighted by Crippen LogP contribution is -2.14. The molecule has 0 saturated heterocycles. The van der Waals surface area contributed by atoms with Crippen LogP contribution in [0.25, 0.3) is 0 Å². The third-order valence-electron chi connectivity index (χ3n) is 2.59. The number of thiocarbonyl (C=S) groups is 1. The average molecular weight is 332 g/mol. The number of nitrogens with two attached hydrogens (primary N) is 1. The van der Waals surface area contributed by atoms with Crippen LogP contribution in [0.2, 0.25) is 0 Å². The Morgan fingerprint density at radius 2 is 2.14 bits per heavy atom. The Bertz CT molecular complexity index is 668. The van der Waals surface area contributed by atoms with E-state index in [1.165, 1.54) is 23.5 Å². The van der Waals surface area contributed by atoms with E-state index in [1.807, 2.05) is 0 Å². The smallest absolute Gasteiger partial charge is 0.419 e. The van der Waals surface area contributed by atoms with Gasteiger partial charge in [0, 0.05) is 16.6 Å². The third kappa shape index (κ3) is 3.92. The summed E-state index contributed by atoms with van der Waals surface area (Å²) in [6, 6.07) is 3.52. The Labute approximate surface area is 128 Å². The standard InChI is InChI=1S/C13H11F3N2OS2/c1-7-6-21-11(18-7)5-19-10-3-2-8(12(17)20)4-9(10)13(14,15)16/h2-4,6H,5H2,1H3,(H2,17,20). The van der Waals surface area contributed by atoms with E-state index in [2.05, 4.69) is 4.98 Å². The van der Waals surface area contributed by atoms with Crippen LogP contribution >= 0.6 is 23.6 Å². The van der Waals surface area contributed by atoms with E-state index in [9.17, 15) is 13.2 Å². The summed E-state index contributed by atoms with van der Waals surface area (Å²) in [5.74, 6) is -0.268. The maximum Gasteiger partial charge on any atom is 0.419 e. The SMILES string of the molecule is Cc1csc(COc2ccc(C(N)=S)cc2C(F)(F)F)n1. The Hall–Kier alpha value is -1.67. The molecule has 0 aliphatic carbocycles. The van der Waals surface area contributed by atoms with Crippen molar-refractivity contribution in [2.45, 2.75) is 19.7 Å². The molecule has 0 spiro atoms. The highest BCUT2D eigenvalue weighted by Gasteiger charge is 2.35. The van der Waals surface area contributed by atoms with Crippen LogP contribution < -0.4 is 10.5 Å². The minimum absolute atomic E-state index is 0.0198. The first kappa shape index (κ1) is 15.7. The molecule has 0 amide bonds. The van der Waals surface area contributed by atoms with E-state index in [0.717, 1.165) is 11.8 Å². The van der Waals surface area contributed by atoms with Crippen LogP contribution in [0, 0.1) is 6.92 Å². The predicted octanol–water partition coefficient (Wildman–Crippen LogP) is 3.68. The Morgan fingerprint density at radius 3 is 2.67 bits per heavy atom. The van der Waals surface area contributed by atoms with Crippen molar-refractivity contribution in [2.24, 2.45) is 5.73 Å². The molecular formula is C13H11F3N2OS2. The summed E-state index contributed by atoms with van der Waals surface area (Å²) in [4.78, 5) is 4.04. The number of ether oxygens (including phenoxy) is 1. The van der Waals surface area contributed by atoms with Crippen molar-refractivity contribution in [2.75, 3.05) is 0 Å². The van der Waals surface area contributed by atoms with Gasteiger partial charge in [0.05, 0.1) is 5.56 Å². The molecule has 1 aromatic heterocycles. The molecule has 2 rings (SSSR count). The molecule has 112 valence electrons. The van der Waals surface area contributed by atoms with Gasteiger partial charge in [-0.05, 0) is 25.1 Å². The summed E-state index contributed by atoms with van der Waals surface area (Å²) >= 11 is 6.03. The largest absolute Gasteiger partial charge is 0.486 e. The fourth-order valence-corrected chi connectivity index (χ4v) is 2.45. The quantitative estimate of drug-likeness (QED) is 0.868. The highest BCUT2D eigenvalue weighted by molar-refractivity contribution is 7.80. The summed E-state index contributed by atoms with van der Waals surface area (Å²) in [5.41, 5.74) is 5.41. The van der Waals surface area contributed by atoms with Crippen molar-refractivity contribution in [1.29, 1.82) is 0 Å². The fourth-order valence-electron chi connectivity index (χ4n) is 1.64. The van der Waals surface area contributed by atoms with Crippen molar-refractivity contribution in [1.82, 2.24) is 4.98 Å². The number of hydrogen-bond donors (Lipinski definition) is 1. The van der Waals surface area contributed by atoms with Crippen molar-refractivity contribution in [3.8, 4) is 5.75 Å². The topological polar surface area (TPSA) is 48.1 Å². The molecule has 0 aliphatic rings. The summed E-state index contributed by atoms with van der Waals surface area (Å²) < 4.78 is 44.4. The maximum absolute atomic E-state index is 13.0. The first-order valence-corrected chi connectivity index (χ1v) is 7.11. The second-order valence-corrected chi connectivity index (χ2v) is 5.63. The Morgan fingerprint density at radius 1 is 1.43 bits per heavy atom. The van der Waals surface area contributed by atoms with Crippen molar-refractivity contribution in [3.05, 3.63) is 45.4 Å². The van der Waals surface area contributed by atoms with Gasteiger partial charge in [0.25, 0.3) is 0 Å². The van der Waals surface area contributed by atoms with E-state index in [4.69, 9.17) is 22.7 Å². The Balaban J connectivity index is 2.27. The summed E-state index contributed by atoms with van der Waals surface area (Å²) in [7, 11) is 0. The molecule has 0 atom stereocenters. The molecule has 3 nitrogen and oxygen atoms in total. The fraction of sp³-hybridized carbons (Fsp3) is 0.231.